The van der Waals surface area contributed by atoms with Crippen LogP contribution in [0.2, 0.25) is 0 Å². The molecule has 23 heavy (non-hydrogen) atoms. The summed E-state index contributed by atoms with van der Waals surface area (Å²) in [4.78, 5) is 8.72. The number of aliphatic imine (C=N–C) groups is 1. The molecule has 5 heteroatoms. The minimum absolute atomic E-state index is 0.321. The van der Waals surface area contributed by atoms with E-state index < -0.39 is 0 Å². The molecule has 1 saturated carbocycles. The van der Waals surface area contributed by atoms with Gasteiger partial charge in [-0.3, -0.25) is 0 Å². The molecule has 2 rings (SSSR count). The molecule has 0 N–H and O–H groups in total. The molecule has 0 unspecified atom stereocenters. The van der Waals surface area contributed by atoms with Crippen LogP contribution in [0.4, 0.5) is 0 Å². The second kappa shape index (κ2) is 8.09. The number of hydrogen-bond donors (Lipinski definition) is 0. The van der Waals surface area contributed by atoms with Crippen molar-refractivity contribution in [2.24, 2.45) is 4.99 Å². The van der Waals surface area contributed by atoms with Crippen LogP contribution in [0, 0.1) is 0 Å². The molecule has 1 aromatic rings. The molecular formula is C18H29N3O2. The Morgan fingerprint density at radius 3 is 2.30 bits per heavy atom. The average molecular weight is 319 g/mol. The Hall–Kier alpha value is -1.91. The fraction of sp³-hybridized carbons (Fsp3) is 0.611. The van der Waals surface area contributed by atoms with Crippen LogP contribution in [0.5, 0.6) is 11.5 Å². The molecular weight excluding hydrogens is 290 g/mol. The van der Waals surface area contributed by atoms with Gasteiger partial charge < -0.3 is 19.3 Å². The molecule has 0 aliphatic heterocycles. The molecule has 0 bridgehead atoms. The first-order valence-electron chi connectivity index (χ1n) is 8.24. The van der Waals surface area contributed by atoms with Crippen LogP contribution >= 0.6 is 0 Å². The second-order valence-electron chi connectivity index (χ2n) is 6.41. The summed E-state index contributed by atoms with van der Waals surface area (Å²) in [6.07, 6.45) is 5.10. The zero-order chi connectivity index (χ0) is 16.8. The zero-order valence-electron chi connectivity index (χ0n) is 15.0. The monoisotopic (exact) mass is 319 g/mol. The van der Waals surface area contributed by atoms with E-state index in [4.69, 9.17) is 14.5 Å². The van der Waals surface area contributed by atoms with E-state index in [9.17, 15) is 0 Å². The quantitative estimate of drug-likeness (QED) is 0.617. The third-order valence-corrected chi connectivity index (χ3v) is 4.03. The van der Waals surface area contributed by atoms with Crippen molar-refractivity contribution < 1.29 is 9.47 Å². The number of hydrogen-bond acceptors (Lipinski definition) is 3. The van der Waals surface area contributed by atoms with Gasteiger partial charge in [0.05, 0.1) is 19.8 Å². The lowest BCUT2D eigenvalue weighted by molar-refractivity contribution is 0.200. The number of guanidine groups is 1. The first-order chi connectivity index (χ1) is 11.0. The van der Waals surface area contributed by atoms with Crippen LogP contribution in [0.25, 0.3) is 0 Å². The van der Waals surface area contributed by atoms with Gasteiger partial charge in [-0.25, -0.2) is 4.99 Å². The summed E-state index contributed by atoms with van der Waals surface area (Å²) in [5.74, 6) is 2.58. The number of ether oxygens (including phenoxy) is 2. The normalized spacial score (nSPS) is 14.5. The fourth-order valence-electron chi connectivity index (χ4n) is 2.94. The third kappa shape index (κ3) is 4.78. The molecule has 0 radical (unpaired) electrons. The maximum absolute atomic E-state index is 6.15. The largest absolute Gasteiger partial charge is 0.493 e. The minimum atomic E-state index is 0.321. The van der Waals surface area contributed by atoms with Crippen molar-refractivity contribution >= 4 is 5.96 Å². The molecule has 5 nitrogen and oxygen atoms in total. The van der Waals surface area contributed by atoms with E-state index in [0.717, 1.165) is 35.9 Å². The highest BCUT2D eigenvalue weighted by Crippen LogP contribution is 2.32. The molecule has 1 aliphatic carbocycles. The van der Waals surface area contributed by atoms with Gasteiger partial charge in [0.1, 0.15) is 0 Å². The molecule has 0 atom stereocenters. The van der Waals surface area contributed by atoms with E-state index in [1.165, 1.54) is 12.8 Å². The Morgan fingerprint density at radius 2 is 1.74 bits per heavy atom. The van der Waals surface area contributed by atoms with Gasteiger partial charge in [0.25, 0.3) is 0 Å². The maximum Gasteiger partial charge on any atom is 0.195 e. The average Bonchev–Trinajstić information content (AvgIpc) is 3.00. The van der Waals surface area contributed by atoms with Crippen LogP contribution < -0.4 is 9.47 Å². The summed E-state index contributed by atoms with van der Waals surface area (Å²) in [7, 11) is 9.69. The van der Waals surface area contributed by atoms with E-state index in [1.807, 2.05) is 50.1 Å². The molecule has 128 valence electrons. The SMILES string of the molecule is COc1ccc(CN=C(N(C)C)N(C)C)cc1OC1CCCC1. The van der Waals surface area contributed by atoms with Crippen molar-refractivity contribution in [2.75, 3.05) is 35.3 Å². The van der Waals surface area contributed by atoms with Gasteiger partial charge in [0.2, 0.25) is 0 Å². The topological polar surface area (TPSA) is 37.3 Å². The first kappa shape index (κ1) is 17.4. The highest BCUT2D eigenvalue weighted by Gasteiger charge is 2.18. The number of benzene rings is 1. The van der Waals surface area contributed by atoms with E-state index in [2.05, 4.69) is 6.07 Å². The van der Waals surface area contributed by atoms with Crippen LogP contribution in [-0.2, 0) is 6.54 Å². The minimum Gasteiger partial charge on any atom is -0.493 e. The predicted octanol–water partition coefficient (Wildman–Crippen LogP) is 3.00. The highest BCUT2D eigenvalue weighted by molar-refractivity contribution is 5.79. The zero-order valence-corrected chi connectivity index (χ0v) is 15.0. The van der Waals surface area contributed by atoms with Crippen molar-refractivity contribution in [1.82, 2.24) is 9.80 Å². The highest BCUT2D eigenvalue weighted by atomic mass is 16.5. The van der Waals surface area contributed by atoms with Crippen LogP contribution in [0.1, 0.15) is 31.2 Å². The van der Waals surface area contributed by atoms with Gasteiger partial charge in [-0.2, -0.15) is 0 Å². The van der Waals surface area contributed by atoms with Gasteiger partial charge in [-0.1, -0.05) is 6.07 Å². The van der Waals surface area contributed by atoms with Crippen LogP contribution in [0.15, 0.2) is 23.2 Å². The molecule has 0 amide bonds. The van der Waals surface area contributed by atoms with Gasteiger partial charge in [-0.05, 0) is 43.4 Å². The Balaban J connectivity index is 2.14. The molecule has 0 spiro atoms. The predicted molar refractivity (Wildman–Crippen MR) is 94.4 cm³/mol. The molecule has 0 saturated heterocycles. The molecule has 1 fully saturated rings. The molecule has 0 aromatic heterocycles. The Labute approximate surface area is 139 Å². The van der Waals surface area contributed by atoms with Gasteiger partial charge in [-0.15, -0.1) is 0 Å². The summed E-state index contributed by atoms with van der Waals surface area (Å²) < 4.78 is 11.6. The van der Waals surface area contributed by atoms with E-state index in [0.29, 0.717) is 12.6 Å². The first-order valence-corrected chi connectivity index (χ1v) is 8.24. The molecule has 0 heterocycles. The van der Waals surface area contributed by atoms with Crippen molar-refractivity contribution in [1.29, 1.82) is 0 Å². The standard InChI is InChI=1S/C18H29N3O2/c1-20(2)18(21(3)4)19-13-14-10-11-16(22-5)17(12-14)23-15-8-6-7-9-15/h10-12,15H,6-9,13H2,1-5H3. The maximum atomic E-state index is 6.15. The Kier molecular flexibility index (Phi) is 6.13. The second-order valence-corrected chi connectivity index (χ2v) is 6.41. The number of methoxy groups -OCH3 is 1. The van der Waals surface area contributed by atoms with E-state index in [1.54, 1.807) is 7.11 Å². The third-order valence-electron chi connectivity index (χ3n) is 4.03. The van der Waals surface area contributed by atoms with Crippen molar-refractivity contribution in [2.45, 2.75) is 38.3 Å². The van der Waals surface area contributed by atoms with E-state index in [-0.39, 0.29) is 0 Å². The van der Waals surface area contributed by atoms with E-state index >= 15 is 0 Å². The summed E-state index contributed by atoms with van der Waals surface area (Å²) in [6, 6.07) is 6.08. The summed E-state index contributed by atoms with van der Waals surface area (Å²) in [5, 5.41) is 0. The summed E-state index contributed by atoms with van der Waals surface area (Å²) in [5.41, 5.74) is 1.12. The van der Waals surface area contributed by atoms with Crippen molar-refractivity contribution in [3.8, 4) is 11.5 Å². The molecule has 1 aliphatic rings. The Morgan fingerprint density at radius 1 is 1.09 bits per heavy atom. The van der Waals surface area contributed by atoms with Crippen LogP contribution in [0.3, 0.4) is 0 Å². The lowest BCUT2D eigenvalue weighted by atomic mass is 10.2. The number of nitrogens with zero attached hydrogens (tertiary/aromatic N) is 3. The van der Waals surface area contributed by atoms with Gasteiger partial charge in [0, 0.05) is 28.2 Å². The van der Waals surface area contributed by atoms with Gasteiger partial charge >= 0.3 is 0 Å². The van der Waals surface area contributed by atoms with Crippen molar-refractivity contribution in [3.63, 3.8) is 0 Å². The smallest absolute Gasteiger partial charge is 0.195 e. The van der Waals surface area contributed by atoms with Crippen molar-refractivity contribution in [3.05, 3.63) is 23.8 Å². The fourth-order valence-corrected chi connectivity index (χ4v) is 2.94. The molecule has 1 aromatic carbocycles. The van der Waals surface area contributed by atoms with Crippen LogP contribution in [-0.4, -0.2) is 57.2 Å². The Bertz CT molecular complexity index is 525. The summed E-state index contributed by atoms with van der Waals surface area (Å²) in [6.45, 7) is 0.622. The summed E-state index contributed by atoms with van der Waals surface area (Å²) >= 11 is 0. The lowest BCUT2D eigenvalue weighted by Crippen LogP contribution is -2.35. The number of rotatable bonds is 5. The van der Waals surface area contributed by atoms with Gasteiger partial charge in [0.15, 0.2) is 17.5 Å². The lowest BCUT2D eigenvalue weighted by Gasteiger charge is -2.22.